The van der Waals surface area contributed by atoms with E-state index in [0.29, 0.717) is 33.8 Å². The average Bonchev–Trinajstić information content (AvgIpc) is 3.22. The Balaban J connectivity index is 1.87. The predicted molar refractivity (Wildman–Crippen MR) is 123 cm³/mol. The van der Waals surface area contributed by atoms with Gasteiger partial charge in [0, 0.05) is 22.8 Å². The van der Waals surface area contributed by atoms with E-state index >= 15 is 0 Å². The maximum atomic E-state index is 11.8. The van der Waals surface area contributed by atoms with Crippen LogP contribution in [-0.2, 0) is 9.53 Å². The van der Waals surface area contributed by atoms with Crippen LogP contribution in [0.15, 0.2) is 47.0 Å². The van der Waals surface area contributed by atoms with Crippen LogP contribution in [0.2, 0.25) is 0 Å². The molecule has 0 bridgehead atoms. The molecule has 0 unspecified atom stereocenters. The number of terminal acetylenes is 1. The summed E-state index contributed by atoms with van der Waals surface area (Å²) in [6.45, 7) is 8.95. The van der Waals surface area contributed by atoms with E-state index in [9.17, 15) is 4.79 Å². The fourth-order valence-corrected chi connectivity index (χ4v) is 2.76. The molecule has 0 spiro atoms. The number of carbonyl (C=O) groups excluding carboxylic acids is 1. The van der Waals surface area contributed by atoms with E-state index in [1.165, 1.54) is 0 Å². The Hall–Kier alpha value is -4.67. The predicted octanol–water partition coefficient (Wildman–Crippen LogP) is 4.45. The maximum absolute atomic E-state index is 11.8. The lowest BCUT2D eigenvalue weighted by atomic mass is 10.0. The number of carbonyl (C=O) groups is 1. The molecule has 2 heterocycles. The molecule has 3 aromatic rings. The number of rotatable bonds is 7. The third-order valence-electron chi connectivity index (χ3n) is 4.28. The van der Waals surface area contributed by atoms with Gasteiger partial charge >= 0.3 is 11.9 Å². The second kappa shape index (κ2) is 10.6. The van der Waals surface area contributed by atoms with E-state index in [0.717, 1.165) is 5.39 Å². The number of hydrogen-bond donors (Lipinski definition) is 0. The Morgan fingerprint density at radius 1 is 1.21 bits per heavy atom. The van der Waals surface area contributed by atoms with Crippen molar-refractivity contribution in [2.45, 2.75) is 26.7 Å². The molecule has 0 saturated heterocycles. The SMILES string of the molecule is C#CC#CC#COCOc1onc(C(C)C)c1-c1ccc2cc(OC(=O)C(=C)C)ccc2n1. The molecule has 164 valence electrons. The molecular formula is C26H20N2O5. The zero-order valence-electron chi connectivity index (χ0n) is 18.4. The number of benzene rings is 1. The van der Waals surface area contributed by atoms with Gasteiger partial charge < -0.3 is 18.7 Å². The maximum Gasteiger partial charge on any atom is 0.338 e. The molecule has 1 aromatic carbocycles. The molecule has 0 radical (unpaired) electrons. The number of nitrogens with zero attached hydrogens (tertiary/aromatic N) is 2. The Kier molecular flexibility index (Phi) is 7.37. The summed E-state index contributed by atoms with van der Waals surface area (Å²) in [4.78, 5) is 16.5. The average molecular weight is 440 g/mol. The highest BCUT2D eigenvalue weighted by Gasteiger charge is 2.23. The summed E-state index contributed by atoms with van der Waals surface area (Å²) in [6.07, 6.45) is 7.38. The fourth-order valence-electron chi connectivity index (χ4n) is 2.76. The number of pyridine rings is 1. The quantitative estimate of drug-likeness (QED) is 0.134. The van der Waals surface area contributed by atoms with E-state index in [-0.39, 0.29) is 18.7 Å². The molecule has 2 aromatic heterocycles. The van der Waals surface area contributed by atoms with Crippen molar-refractivity contribution in [3.8, 4) is 59.2 Å². The molecule has 0 atom stereocenters. The third kappa shape index (κ3) is 5.73. The number of aromatic nitrogens is 2. The molecule has 33 heavy (non-hydrogen) atoms. The summed E-state index contributed by atoms with van der Waals surface area (Å²) in [5.74, 6) is 9.50. The standard InChI is InChI=1S/C26H20N2O5/c1-6-7-8-9-14-30-16-31-26-23(24(17(2)3)28-33-26)22-12-10-19-15-20(11-13-21(19)27-22)32-25(29)18(4)5/h1,10-13,15,17H,4,16H2,2-3,5H3. The molecule has 0 amide bonds. The van der Waals surface area contributed by atoms with Gasteiger partial charge in [-0.2, -0.15) is 0 Å². The zero-order valence-corrected chi connectivity index (χ0v) is 18.4. The van der Waals surface area contributed by atoms with E-state index < -0.39 is 5.97 Å². The normalized spacial score (nSPS) is 9.79. The number of hydrogen-bond acceptors (Lipinski definition) is 7. The van der Waals surface area contributed by atoms with Gasteiger partial charge in [0.05, 0.1) is 16.9 Å². The summed E-state index contributed by atoms with van der Waals surface area (Å²) in [5, 5.41) is 4.93. The molecule has 0 aliphatic carbocycles. The Morgan fingerprint density at radius 2 is 2.03 bits per heavy atom. The van der Waals surface area contributed by atoms with Crippen LogP contribution in [0.5, 0.6) is 11.7 Å². The van der Waals surface area contributed by atoms with E-state index in [1.54, 1.807) is 25.1 Å². The van der Waals surface area contributed by atoms with E-state index in [2.05, 4.69) is 41.5 Å². The van der Waals surface area contributed by atoms with Crippen molar-refractivity contribution in [1.29, 1.82) is 0 Å². The van der Waals surface area contributed by atoms with Gasteiger partial charge in [-0.15, -0.1) is 6.42 Å². The minimum Gasteiger partial charge on any atom is -0.425 e. The highest BCUT2D eigenvalue weighted by Crippen LogP contribution is 2.37. The summed E-state index contributed by atoms with van der Waals surface area (Å²) >= 11 is 0. The molecular weight excluding hydrogens is 420 g/mol. The number of esters is 1. The van der Waals surface area contributed by atoms with Crippen molar-refractivity contribution in [3.05, 3.63) is 48.2 Å². The topological polar surface area (TPSA) is 83.7 Å². The lowest BCUT2D eigenvalue weighted by Gasteiger charge is -2.09. The van der Waals surface area contributed by atoms with Crippen LogP contribution in [0.1, 0.15) is 32.4 Å². The number of fused-ring (bicyclic) bond motifs is 1. The van der Waals surface area contributed by atoms with Crippen LogP contribution in [0.25, 0.3) is 22.2 Å². The Bertz CT molecular complexity index is 1370. The molecule has 3 rings (SSSR count). The molecule has 0 fully saturated rings. The second-order valence-corrected chi connectivity index (χ2v) is 7.13. The first-order chi connectivity index (χ1) is 15.9. The molecule has 0 aliphatic heterocycles. The van der Waals surface area contributed by atoms with Gasteiger partial charge in [-0.05, 0) is 48.9 Å². The smallest absolute Gasteiger partial charge is 0.338 e. The lowest BCUT2D eigenvalue weighted by molar-refractivity contribution is -0.130. The first-order valence-electron chi connectivity index (χ1n) is 9.89. The van der Waals surface area contributed by atoms with Crippen LogP contribution in [0.3, 0.4) is 0 Å². The first-order valence-corrected chi connectivity index (χ1v) is 9.89. The summed E-state index contributed by atoms with van der Waals surface area (Å²) in [6, 6.07) is 8.84. The summed E-state index contributed by atoms with van der Waals surface area (Å²) < 4.78 is 21.3. The van der Waals surface area contributed by atoms with E-state index in [1.807, 2.05) is 26.0 Å². The van der Waals surface area contributed by atoms with Gasteiger partial charge in [0.2, 0.25) is 6.79 Å². The molecule has 7 nitrogen and oxygen atoms in total. The van der Waals surface area contributed by atoms with Crippen molar-refractivity contribution in [2.75, 3.05) is 6.79 Å². The Morgan fingerprint density at radius 3 is 2.76 bits per heavy atom. The largest absolute Gasteiger partial charge is 0.425 e. The molecule has 0 aliphatic rings. The van der Waals surface area contributed by atoms with Crippen LogP contribution in [0.4, 0.5) is 0 Å². The monoisotopic (exact) mass is 440 g/mol. The minimum atomic E-state index is -0.484. The second-order valence-electron chi connectivity index (χ2n) is 7.13. The van der Waals surface area contributed by atoms with Crippen LogP contribution < -0.4 is 9.47 Å². The summed E-state index contributed by atoms with van der Waals surface area (Å²) in [7, 11) is 0. The molecule has 7 heteroatoms. The van der Waals surface area contributed by atoms with Crippen LogP contribution >= 0.6 is 0 Å². The Labute approximate surface area is 191 Å². The van der Waals surface area contributed by atoms with Crippen molar-refractivity contribution in [1.82, 2.24) is 10.1 Å². The van der Waals surface area contributed by atoms with Gasteiger partial charge in [-0.1, -0.05) is 31.6 Å². The van der Waals surface area contributed by atoms with Gasteiger partial charge in [-0.3, -0.25) is 0 Å². The number of ether oxygens (including phenoxy) is 3. The molecule has 0 saturated carbocycles. The van der Waals surface area contributed by atoms with Gasteiger partial charge in [0.25, 0.3) is 0 Å². The highest BCUT2D eigenvalue weighted by atomic mass is 16.7. The van der Waals surface area contributed by atoms with Crippen molar-refractivity contribution in [2.24, 2.45) is 0 Å². The lowest BCUT2D eigenvalue weighted by Crippen LogP contribution is -2.08. The summed E-state index contributed by atoms with van der Waals surface area (Å²) in [5.41, 5.74) is 2.93. The molecule has 0 N–H and O–H groups in total. The van der Waals surface area contributed by atoms with Gasteiger partial charge in [0.1, 0.15) is 17.4 Å². The minimum absolute atomic E-state index is 0.0577. The third-order valence-corrected chi connectivity index (χ3v) is 4.28. The van der Waals surface area contributed by atoms with Crippen LogP contribution in [-0.4, -0.2) is 22.9 Å². The zero-order chi connectivity index (χ0) is 23.8. The first kappa shape index (κ1) is 23.0. The van der Waals surface area contributed by atoms with E-state index in [4.69, 9.17) is 30.1 Å². The highest BCUT2D eigenvalue weighted by molar-refractivity contribution is 5.90. The van der Waals surface area contributed by atoms with Crippen molar-refractivity contribution in [3.63, 3.8) is 0 Å². The fraction of sp³-hybridized carbons (Fsp3) is 0.192. The van der Waals surface area contributed by atoms with Crippen molar-refractivity contribution < 1.29 is 23.5 Å². The van der Waals surface area contributed by atoms with Crippen LogP contribution in [0, 0.1) is 36.2 Å². The van der Waals surface area contributed by atoms with Gasteiger partial charge in [-0.25, -0.2) is 9.78 Å². The van der Waals surface area contributed by atoms with Crippen molar-refractivity contribution >= 4 is 16.9 Å². The van der Waals surface area contributed by atoms with Gasteiger partial charge in [0.15, 0.2) is 0 Å².